The van der Waals surface area contributed by atoms with E-state index in [1.807, 2.05) is 24.5 Å². The first-order valence-corrected chi connectivity index (χ1v) is 9.14. The van der Waals surface area contributed by atoms with Crippen LogP contribution in [0.4, 0.5) is 17.5 Å². The highest BCUT2D eigenvalue weighted by atomic mass is 15.4. The largest absolute Gasteiger partial charge is 0.264 e. The molecular weight excluding hydrogens is 332 g/mol. The Morgan fingerprint density at radius 1 is 0.889 bits per heavy atom. The lowest BCUT2D eigenvalue weighted by Gasteiger charge is -2.31. The minimum atomic E-state index is 0.150. The van der Waals surface area contributed by atoms with Crippen molar-refractivity contribution in [2.75, 3.05) is 4.90 Å². The van der Waals surface area contributed by atoms with Crippen LogP contribution >= 0.6 is 0 Å². The van der Waals surface area contributed by atoms with E-state index in [1.54, 1.807) is 0 Å². The predicted octanol–water partition coefficient (Wildman–Crippen LogP) is 5.77. The van der Waals surface area contributed by atoms with Crippen molar-refractivity contribution >= 4 is 28.2 Å². The molecule has 6 rings (SSSR count). The number of nitrogens with zero attached hydrogens (tertiary/aromatic N) is 4. The molecule has 0 atom stereocenters. The summed E-state index contributed by atoms with van der Waals surface area (Å²) in [5.41, 5.74) is 4.65. The first kappa shape index (κ1) is 15.9. The highest BCUT2D eigenvalue weighted by Gasteiger charge is 2.28. The van der Waals surface area contributed by atoms with E-state index in [1.165, 1.54) is 5.56 Å². The Morgan fingerprint density at radius 3 is 2.41 bits per heavy atom. The van der Waals surface area contributed by atoms with Gasteiger partial charge in [0.05, 0.1) is 11.4 Å². The maximum Gasteiger partial charge on any atom is 0.238 e. The summed E-state index contributed by atoms with van der Waals surface area (Å²) in [6.07, 6.45) is 3.71. The van der Waals surface area contributed by atoms with Gasteiger partial charge in [-0.3, -0.25) is 9.88 Å². The second-order valence-corrected chi connectivity index (χ2v) is 7.95. The van der Waals surface area contributed by atoms with Crippen LogP contribution in [-0.2, 0) is 5.41 Å². The lowest BCUT2D eigenvalue weighted by molar-refractivity contribution is 0.590. The fourth-order valence-corrected chi connectivity index (χ4v) is 3.51. The molecule has 0 saturated heterocycles. The van der Waals surface area contributed by atoms with Gasteiger partial charge < -0.3 is 0 Å². The summed E-state index contributed by atoms with van der Waals surface area (Å²) in [4.78, 5) is 15.6. The molecule has 0 unspecified atom stereocenters. The van der Waals surface area contributed by atoms with Crippen molar-refractivity contribution in [3.8, 4) is 11.3 Å². The van der Waals surface area contributed by atoms with Crippen LogP contribution in [0.5, 0.6) is 0 Å². The number of hydrogen-bond donors (Lipinski definition) is 0. The summed E-state index contributed by atoms with van der Waals surface area (Å²) >= 11 is 0. The van der Waals surface area contributed by atoms with Crippen LogP contribution in [0.2, 0.25) is 0 Å². The molecule has 2 aliphatic rings. The standard InChI is InChI=1S/C23H20N4/c1-23(2,3)17-9-7-15(8-10-17)19-13-21-26-22(25-19)27(21)20-6-4-5-16-14-24-12-11-18(16)20/h4-14H,1-3H3. The molecule has 132 valence electrons. The first-order chi connectivity index (χ1) is 13.0. The SMILES string of the molecule is CC(C)(C)c1ccc(-c2cc3nc(n2)N3c2cccc3cnccc23)cc1. The molecule has 4 heterocycles. The second kappa shape index (κ2) is 5.61. The van der Waals surface area contributed by atoms with E-state index in [2.05, 4.69) is 78.1 Å². The Morgan fingerprint density at radius 2 is 1.70 bits per heavy atom. The molecule has 2 aromatic carbocycles. The molecule has 0 fully saturated rings. The number of fused-ring (bicyclic) bond motifs is 3. The van der Waals surface area contributed by atoms with Crippen molar-refractivity contribution in [2.24, 2.45) is 0 Å². The van der Waals surface area contributed by atoms with Crippen molar-refractivity contribution in [2.45, 2.75) is 26.2 Å². The van der Waals surface area contributed by atoms with Crippen LogP contribution in [0.25, 0.3) is 22.0 Å². The summed E-state index contributed by atoms with van der Waals surface area (Å²) in [5.74, 6) is 1.67. The van der Waals surface area contributed by atoms with Gasteiger partial charge in [-0.25, -0.2) is 4.98 Å². The predicted molar refractivity (Wildman–Crippen MR) is 110 cm³/mol. The molecule has 4 aromatic rings. The molecule has 4 heteroatoms. The maximum absolute atomic E-state index is 4.78. The fraction of sp³-hybridized carbons (Fsp3) is 0.174. The van der Waals surface area contributed by atoms with Crippen LogP contribution in [0.1, 0.15) is 26.3 Å². The van der Waals surface area contributed by atoms with Gasteiger partial charge in [0.25, 0.3) is 0 Å². The lowest BCUT2D eigenvalue weighted by Crippen LogP contribution is -2.24. The number of aromatic nitrogens is 3. The molecule has 2 aromatic heterocycles. The number of benzene rings is 2. The van der Waals surface area contributed by atoms with E-state index < -0.39 is 0 Å². The molecule has 0 aliphatic carbocycles. The second-order valence-electron chi connectivity index (χ2n) is 7.95. The molecule has 0 N–H and O–H groups in total. The van der Waals surface area contributed by atoms with Crippen LogP contribution in [0.15, 0.2) is 67.0 Å². The van der Waals surface area contributed by atoms with Crippen molar-refractivity contribution in [1.82, 2.24) is 15.0 Å². The van der Waals surface area contributed by atoms with Crippen molar-refractivity contribution in [3.05, 3.63) is 72.6 Å². The average molecular weight is 352 g/mol. The average Bonchev–Trinajstić information content (AvgIpc) is 2.68. The molecule has 0 radical (unpaired) electrons. The van der Waals surface area contributed by atoms with E-state index in [0.717, 1.165) is 39.5 Å². The van der Waals surface area contributed by atoms with Gasteiger partial charge in [-0.2, -0.15) is 4.98 Å². The molecule has 4 nitrogen and oxygen atoms in total. The van der Waals surface area contributed by atoms with Gasteiger partial charge in [0.15, 0.2) is 0 Å². The molecule has 0 spiro atoms. The summed E-state index contributed by atoms with van der Waals surface area (Å²) in [6.45, 7) is 6.68. The molecular formula is C23H20N4. The van der Waals surface area contributed by atoms with Gasteiger partial charge in [-0.15, -0.1) is 0 Å². The van der Waals surface area contributed by atoms with Crippen LogP contribution in [0, 0.1) is 0 Å². The van der Waals surface area contributed by atoms with Crippen molar-refractivity contribution in [1.29, 1.82) is 0 Å². The van der Waals surface area contributed by atoms with Crippen molar-refractivity contribution < 1.29 is 0 Å². The van der Waals surface area contributed by atoms with Crippen LogP contribution < -0.4 is 4.90 Å². The lowest BCUT2D eigenvalue weighted by atomic mass is 9.86. The Labute approximate surface area is 158 Å². The zero-order valence-corrected chi connectivity index (χ0v) is 15.6. The summed E-state index contributed by atoms with van der Waals surface area (Å²) in [5, 5.41) is 2.27. The number of pyridine rings is 1. The van der Waals surface area contributed by atoms with E-state index in [9.17, 15) is 0 Å². The van der Waals surface area contributed by atoms with E-state index >= 15 is 0 Å². The minimum absolute atomic E-state index is 0.150. The van der Waals surface area contributed by atoms with E-state index in [-0.39, 0.29) is 5.41 Å². The van der Waals surface area contributed by atoms with Gasteiger partial charge in [0, 0.05) is 34.8 Å². The molecule has 2 bridgehead atoms. The smallest absolute Gasteiger partial charge is 0.238 e. The summed E-state index contributed by atoms with van der Waals surface area (Å²) in [6, 6.07) is 19.0. The summed E-state index contributed by atoms with van der Waals surface area (Å²) < 4.78 is 0. The zero-order valence-electron chi connectivity index (χ0n) is 15.6. The highest BCUT2D eigenvalue weighted by Crippen LogP contribution is 2.43. The first-order valence-electron chi connectivity index (χ1n) is 9.14. The van der Waals surface area contributed by atoms with Gasteiger partial charge in [-0.05, 0) is 23.1 Å². The molecule has 27 heavy (non-hydrogen) atoms. The highest BCUT2D eigenvalue weighted by molar-refractivity contribution is 5.99. The number of hydrogen-bond acceptors (Lipinski definition) is 4. The molecule has 0 amide bonds. The third-order valence-corrected chi connectivity index (χ3v) is 5.08. The third kappa shape index (κ3) is 2.56. The van der Waals surface area contributed by atoms with E-state index in [0.29, 0.717) is 0 Å². The maximum atomic E-state index is 4.78. The van der Waals surface area contributed by atoms with Gasteiger partial charge in [0.1, 0.15) is 5.82 Å². The van der Waals surface area contributed by atoms with E-state index in [4.69, 9.17) is 4.98 Å². The number of anilines is 3. The number of rotatable bonds is 2. The topological polar surface area (TPSA) is 41.9 Å². The van der Waals surface area contributed by atoms with Crippen LogP contribution in [-0.4, -0.2) is 15.0 Å². The van der Waals surface area contributed by atoms with Gasteiger partial charge in [-0.1, -0.05) is 57.2 Å². The Balaban J connectivity index is 1.51. The fourth-order valence-electron chi connectivity index (χ4n) is 3.51. The Kier molecular flexibility index (Phi) is 3.31. The monoisotopic (exact) mass is 352 g/mol. The van der Waals surface area contributed by atoms with Gasteiger partial charge >= 0.3 is 0 Å². The molecule has 2 aliphatic heterocycles. The van der Waals surface area contributed by atoms with Gasteiger partial charge in [0.2, 0.25) is 5.95 Å². The summed E-state index contributed by atoms with van der Waals surface area (Å²) in [7, 11) is 0. The third-order valence-electron chi connectivity index (χ3n) is 5.08. The quantitative estimate of drug-likeness (QED) is 0.404. The Hall–Kier alpha value is -3.27. The minimum Gasteiger partial charge on any atom is -0.264 e. The molecule has 0 saturated carbocycles. The zero-order chi connectivity index (χ0) is 18.6. The van der Waals surface area contributed by atoms with Crippen LogP contribution in [0.3, 0.4) is 0 Å². The van der Waals surface area contributed by atoms with Crippen molar-refractivity contribution in [3.63, 3.8) is 0 Å². The normalized spacial score (nSPS) is 12.9. The Bertz CT molecular complexity index is 1130.